The van der Waals surface area contributed by atoms with Gasteiger partial charge < -0.3 is 15.3 Å². The number of carbonyl (C=O) groups excluding carboxylic acids is 1. The Labute approximate surface area is 140 Å². The van der Waals surface area contributed by atoms with Crippen molar-refractivity contribution in [3.63, 3.8) is 0 Å². The van der Waals surface area contributed by atoms with Gasteiger partial charge in [-0.15, -0.1) is 0 Å². The summed E-state index contributed by atoms with van der Waals surface area (Å²) in [6.45, 7) is 3.00. The van der Waals surface area contributed by atoms with Gasteiger partial charge in [-0.05, 0) is 49.2 Å². The molecule has 2 aromatic rings. The van der Waals surface area contributed by atoms with Crippen LogP contribution in [0.25, 0.3) is 0 Å². The van der Waals surface area contributed by atoms with Crippen LogP contribution in [0.1, 0.15) is 12.0 Å². The molecule has 2 N–H and O–H groups in total. The van der Waals surface area contributed by atoms with Crippen LogP contribution in [0.2, 0.25) is 0 Å². The molecule has 1 heterocycles. The normalized spacial score (nSPS) is 17.3. The zero-order chi connectivity index (χ0) is 16.2. The lowest BCUT2D eigenvalue weighted by Gasteiger charge is -2.18. The Balaban J connectivity index is 1.66. The summed E-state index contributed by atoms with van der Waals surface area (Å²) in [6.07, 6.45) is 0.255. The Morgan fingerprint density at radius 1 is 1.22 bits per heavy atom. The number of aryl methyl sites for hydroxylation is 1. The van der Waals surface area contributed by atoms with E-state index >= 15 is 0 Å². The second-order valence-corrected chi connectivity index (χ2v) is 6.86. The van der Waals surface area contributed by atoms with Gasteiger partial charge in [0.05, 0.1) is 6.10 Å². The van der Waals surface area contributed by atoms with Gasteiger partial charge in [0.2, 0.25) is 0 Å². The van der Waals surface area contributed by atoms with E-state index in [1.165, 1.54) is 4.90 Å². The minimum absolute atomic E-state index is 0.145. The zero-order valence-electron chi connectivity index (χ0n) is 13.0. The molecule has 0 unspecified atom stereocenters. The van der Waals surface area contributed by atoms with E-state index in [1.807, 2.05) is 37.3 Å². The van der Waals surface area contributed by atoms with Gasteiger partial charge in [0.1, 0.15) is 0 Å². The molecular weight excluding hydrogens is 308 g/mol. The topological polar surface area (TPSA) is 52.6 Å². The molecule has 0 spiro atoms. The average molecular weight is 328 g/mol. The number of carbonyl (C=O) groups is 1. The van der Waals surface area contributed by atoms with Gasteiger partial charge in [-0.3, -0.25) is 0 Å². The summed E-state index contributed by atoms with van der Waals surface area (Å²) in [4.78, 5) is 16.2. The summed E-state index contributed by atoms with van der Waals surface area (Å²) in [6, 6.07) is 16.1. The summed E-state index contributed by atoms with van der Waals surface area (Å²) >= 11 is 1.70. The lowest BCUT2D eigenvalue weighted by atomic mass is 10.2. The SMILES string of the molecule is Cc1cc(Sc2ccccc2)ccc1NC(=O)N1CC[C@@H](O)C1. The molecule has 1 aliphatic heterocycles. The van der Waals surface area contributed by atoms with Crippen molar-refractivity contribution in [2.45, 2.75) is 29.2 Å². The van der Waals surface area contributed by atoms with Gasteiger partial charge in [0.15, 0.2) is 0 Å². The monoisotopic (exact) mass is 328 g/mol. The predicted molar refractivity (Wildman–Crippen MR) is 93.0 cm³/mol. The van der Waals surface area contributed by atoms with Crippen molar-refractivity contribution in [2.75, 3.05) is 18.4 Å². The predicted octanol–water partition coefficient (Wildman–Crippen LogP) is 3.74. The van der Waals surface area contributed by atoms with Crippen molar-refractivity contribution in [3.05, 3.63) is 54.1 Å². The van der Waals surface area contributed by atoms with Crippen molar-refractivity contribution in [1.29, 1.82) is 0 Å². The number of hydrogen-bond acceptors (Lipinski definition) is 3. The highest BCUT2D eigenvalue weighted by atomic mass is 32.2. The van der Waals surface area contributed by atoms with E-state index in [0.717, 1.165) is 16.1 Å². The van der Waals surface area contributed by atoms with Crippen LogP contribution >= 0.6 is 11.8 Å². The maximum Gasteiger partial charge on any atom is 0.321 e. The number of urea groups is 1. The second-order valence-electron chi connectivity index (χ2n) is 5.71. The third kappa shape index (κ3) is 4.06. The highest BCUT2D eigenvalue weighted by Crippen LogP contribution is 2.30. The van der Waals surface area contributed by atoms with Crippen molar-refractivity contribution < 1.29 is 9.90 Å². The fourth-order valence-corrected chi connectivity index (χ4v) is 3.52. The number of nitrogens with one attached hydrogen (secondary N) is 1. The number of benzene rings is 2. The first-order chi connectivity index (χ1) is 11.1. The maximum atomic E-state index is 12.2. The van der Waals surface area contributed by atoms with Crippen molar-refractivity contribution in [3.8, 4) is 0 Å². The molecule has 3 rings (SSSR count). The van der Waals surface area contributed by atoms with Crippen LogP contribution in [0.4, 0.5) is 10.5 Å². The van der Waals surface area contributed by atoms with E-state index in [2.05, 4.69) is 23.5 Å². The first-order valence-electron chi connectivity index (χ1n) is 7.69. The molecule has 1 saturated heterocycles. The number of anilines is 1. The van der Waals surface area contributed by atoms with E-state index in [4.69, 9.17) is 0 Å². The van der Waals surface area contributed by atoms with E-state index in [0.29, 0.717) is 19.5 Å². The number of aliphatic hydroxyl groups is 1. The maximum absolute atomic E-state index is 12.2. The Morgan fingerprint density at radius 3 is 2.65 bits per heavy atom. The fraction of sp³-hybridized carbons (Fsp3) is 0.278. The van der Waals surface area contributed by atoms with E-state index in [1.54, 1.807) is 16.7 Å². The summed E-state index contributed by atoms with van der Waals surface area (Å²) in [7, 11) is 0. The van der Waals surface area contributed by atoms with Crippen LogP contribution in [0.15, 0.2) is 58.3 Å². The van der Waals surface area contributed by atoms with E-state index < -0.39 is 6.10 Å². The standard InChI is InChI=1S/C18H20N2O2S/c1-13-11-16(23-15-5-3-2-4-6-15)7-8-17(13)19-18(22)20-10-9-14(21)12-20/h2-8,11,14,21H,9-10,12H2,1H3,(H,19,22)/t14-/m1/s1. The summed E-state index contributed by atoms with van der Waals surface area (Å²) in [5.41, 5.74) is 1.84. The molecule has 0 saturated carbocycles. The molecule has 0 aliphatic carbocycles. The quantitative estimate of drug-likeness (QED) is 0.902. The lowest BCUT2D eigenvalue weighted by Crippen LogP contribution is -2.33. The number of amides is 2. The Bertz CT molecular complexity index is 691. The zero-order valence-corrected chi connectivity index (χ0v) is 13.8. The first-order valence-corrected chi connectivity index (χ1v) is 8.51. The van der Waals surface area contributed by atoms with Crippen molar-refractivity contribution >= 4 is 23.5 Å². The van der Waals surface area contributed by atoms with Gasteiger partial charge in [-0.25, -0.2) is 4.79 Å². The highest BCUT2D eigenvalue weighted by molar-refractivity contribution is 7.99. The number of rotatable bonds is 3. The van der Waals surface area contributed by atoms with Crippen LogP contribution in [0.5, 0.6) is 0 Å². The molecule has 1 atom stereocenters. The molecular formula is C18H20N2O2S. The fourth-order valence-electron chi connectivity index (χ4n) is 2.59. The summed E-state index contributed by atoms with van der Waals surface area (Å²) < 4.78 is 0. The average Bonchev–Trinajstić information content (AvgIpc) is 2.98. The first kappa shape index (κ1) is 15.9. The molecule has 0 aromatic heterocycles. The van der Waals surface area contributed by atoms with Gasteiger partial charge in [-0.1, -0.05) is 30.0 Å². The molecule has 120 valence electrons. The van der Waals surface area contributed by atoms with Crippen LogP contribution in [0.3, 0.4) is 0 Å². The minimum atomic E-state index is -0.397. The van der Waals surface area contributed by atoms with Gasteiger partial charge >= 0.3 is 6.03 Å². The molecule has 2 amide bonds. The number of hydrogen-bond donors (Lipinski definition) is 2. The molecule has 1 aliphatic rings. The van der Waals surface area contributed by atoms with Crippen molar-refractivity contribution in [2.24, 2.45) is 0 Å². The van der Waals surface area contributed by atoms with E-state index in [9.17, 15) is 9.90 Å². The molecule has 23 heavy (non-hydrogen) atoms. The van der Waals surface area contributed by atoms with Gasteiger partial charge in [0, 0.05) is 28.6 Å². The third-order valence-electron chi connectivity index (χ3n) is 3.87. The van der Waals surface area contributed by atoms with Crippen LogP contribution < -0.4 is 5.32 Å². The van der Waals surface area contributed by atoms with Gasteiger partial charge in [0.25, 0.3) is 0 Å². The minimum Gasteiger partial charge on any atom is -0.391 e. The second kappa shape index (κ2) is 7.06. The molecule has 0 radical (unpaired) electrons. The van der Waals surface area contributed by atoms with Crippen LogP contribution in [0, 0.1) is 6.92 Å². The van der Waals surface area contributed by atoms with Crippen LogP contribution in [-0.2, 0) is 0 Å². The molecule has 1 fully saturated rings. The number of β-amino-alcohol motifs (C(OH)–C–C–N with tert-alkyl or cyclic N) is 1. The largest absolute Gasteiger partial charge is 0.391 e. The van der Waals surface area contributed by atoms with Gasteiger partial charge in [-0.2, -0.15) is 0 Å². The third-order valence-corrected chi connectivity index (χ3v) is 4.87. The molecule has 5 heteroatoms. The number of aliphatic hydroxyl groups excluding tert-OH is 1. The Morgan fingerprint density at radius 2 is 2.00 bits per heavy atom. The smallest absolute Gasteiger partial charge is 0.321 e. The van der Waals surface area contributed by atoms with E-state index in [-0.39, 0.29) is 6.03 Å². The number of nitrogens with zero attached hydrogens (tertiary/aromatic N) is 1. The lowest BCUT2D eigenvalue weighted by molar-refractivity contribution is 0.176. The highest BCUT2D eigenvalue weighted by Gasteiger charge is 2.24. The Kier molecular flexibility index (Phi) is 4.88. The van der Waals surface area contributed by atoms with Crippen LogP contribution in [-0.4, -0.2) is 35.2 Å². The number of likely N-dealkylation sites (tertiary alicyclic amines) is 1. The molecule has 0 bridgehead atoms. The van der Waals surface area contributed by atoms with Crippen molar-refractivity contribution in [1.82, 2.24) is 4.90 Å². The summed E-state index contributed by atoms with van der Waals surface area (Å²) in [5.74, 6) is 0. The summed E-state index contributed by atoms with van der Waals surface area (Å²) in [5, 5.41) is 12.5. The molecule has 4 nitrogen and oxygen atoms in total. The molecule has 2 aromatic carbocycles. The Hall–Kier alpha value is -1.98.